The molecule has 0 atom stereocenters. The number of hydrogen-bond acceptors (Lipinski definition) is 1. The maximum atomic E-state index is 6.22. The third-order valence-electron chi connectivity index (χ3n) is 3.43. The van der Waals surface area contributed by atoms with E-state index in [-0.39, 0.29) is 5.54 Å². The summed E-state index contributed by atoms with van der Waals surface area (Å²) in [5, 5.41) is 0. The molecule has 0 saturated heterocycles. The molecule has 2 heteroatoms. The molecule has 1 aromatic heterocycles. The third-order valence-corrected chi connectivity index (χ3v) is 3.43. The number of nitrogens with two attached hydrogens (primary N) is 1. The maximum Gasteiger partial charge on any atom is 0.0565 e. The molecule has 1 aliphatic heterocycles. The van der Waals surface area contributed by atoms with E-state index < -0.39 is 0 Å². The minimum Gasteiger partial charge on any atom is -0.347 e. The topological polar surface area (TPSA) is 30.9 Å². The van der Waals surface area contributed by atoms with Crippen molar-refractivity contribution in [2.75, 3.05) is 0 Å². The summed E-state index contributed by atoms with van der Waals surface area (Å²) in [6.07, 6.45) is 6.27. The molecule has 1 fully saturated rings. The summed E-state index contributed by atoms with van der Waals surface area (Å²) in [5.41, 5.74) is 9.16. The second-order valence-electron chi connectivity index (χ2n) is 4.47. The van der Waals surface area contributed by atoms with E-state index in [2.05, 4.69) is 16.7 Å². The lowest BCUT2D eigenvalue weighted by atomic mass is 10.1. The maximum absolute atomic E-state index is 6.22. The van der Waals surface area contributed by atoms with Crippen LogP contribution >= 0.6 is 0 Å². The Kier molecular flexibility index (Phi) is 1.40. The highest BCUT2D eigenvalue weighted by Gasteiger charge is 2.42. The number of aromatic nitrogens is 1. The second kappa shape index (κ2) is 2.38. The molecule has 2 aliphatic rings. The van der Waals surface area contributed by atoms with Crippen LogP contribution < -0.4 is 5.73 Å². The monoisotopic (exact) mass is 176 g/mol. The molecule has 1 aliphatic carbocycles. The van der Waals surface area contributed by atoms with Gasteiger partial charge in [0.05, 0.1) is 5.54 Å². The van der Waals surface area contributed by atoms with E-state index in [0.29, 0.717) is 0 Å². The van der Waals surface area contributed by atoms with Crippen molar-refractivity contribution >= 4 is 0 Å². The number of aryl methyl sites for hydroxylation is 1. The van der Waals surface area contributed by atoms with Crippen LogP contribution in [0.25, 0.3) is 0 Å². The molecule has 2 nitrogen and oxygen atoms in total. The van der Waals surface area contributed by atoms with Crippen LogP contribution in [0, 0.1) is 0 Å². The van der Waals surface area contributed by atoms with E-state index in [0.717, 1.165) is 0 Å². The van der Waals surface area contributed by atoms with Crippen molar-refractivity contribution in [3.63, 3.8) is 0 Å². The van der Waals surface area contributed by atoms with Crippen LogP contribution in [0.15, 0.2) is 12.1 Å². The molecule has 0 aromatic carbocycles. The molecule has 2 N–H and O–H groups in total. The highest BCUT2D eigenvalue weighted by Crippen LogP contribution is 2.43. The average Bonchev–Trinajstić information content (AvgIpc) is 2.76. The number of rotatable bonds is 1. The minimum absolute atomic E-state index is 0.0512. The SMILES string of the molecule is NC1(c2ccc3n2CCCC3)CC1. The van der Waals surface area contributed by atoms with E-state index in [1.165, 1.54) is 50.0 Å². The first-order chi connectivity index (χ1) is 6.30. The lowest BCUT2D eigenvalue weighted by Crippen LogP contribution is -2.25. The Balaban J connectivity index is 2.06. The van der Waals surface area contributed by atoms with Gasteiger partial charge in [-0.2, -0.15) is 0 Å². The van der Waals surface area contributed by atoms with Gasteiger partial charge in [-0.3, -0.25) is 0 Å². The summed E-state index contributed by atoms with van der Waals surface area (Å²) in [4.78, 5) is 0. The molecule has 0 unspecified atom stereocenters. The van der Waals surface area contributed by atoms with Crippen molar-refractivity contribution < 1.29 is 0 Å². The summed E-state index contributed by atoms with van der Waals surface area (Å²) in [6.45, 7) is 1.19. The Morgan fingerprint density at radius 3 is 2.85 bits per heavy atom. The molecular weight excluding hydrogens is 160 g/mol. The lowest BCUT2D eigenvalue weighted by molar-refractivity contribution is 0.495. The van der Waals surface area contributed by atoms with Crippen molar-refractivity contribution in [1.29, 1.82) is 0 Å². The predicted octanol–water partition coefficient (Wildman–Crippen LogP) is 1.77. The van der Waals surface area contributed by atoms with Gasteiger partial charge < -0.3 is 10.3 Å². The van der Waals surface area contributed by atoms with E-state index in [9.17, 15) is 0 Å². The first-order valence-corrected chi connectivity index (χ1v) is 5.27. The first kappa shape index (κ1) is 7.63. The second-order valence-corrected chi connectivity index (χ2v) is 4.47. The van der Waals surface area contributed by atoms with Gasteiger partial charge in [-0.25, -0.2) is 0 Å². The fraction of sp³-hybridized carbons (Fsp3) is 0.636. The zero-order valence-electron chi connectivity index (χ0n) is 7.92. The van der Waals surface area contributed by atoms with E-state index in [4.69, 9.17) is 5.73 Å². The van der Waals surface area contributed by atoms with Gasteiger partial charge in [0.1, 0.15) is 0 Å². The van der Waals surface area contributed by atoms with Crippen molar-refractivity contribution in [2.24, 2.45) is 5.73 Å². The molecule has 1 aromatic rings. The van der Waals surface area contributed by atoms with Crippen LogP contribution in [-0.2, 0) is 18.5 Å². The van der Waals surface area contributed by atoms with Crippen LogP contribution in [0.3, 0.4) is 0 Å². The summed E-state index contributed by atoms with van der Waals surface area (Å²) in [6, 6.07) is 4.51. The van der Waals surface area contributed by atoms with Crippen molar-refractivity contribution in [1.82, 2.24) is 4.57 Å². The van der Waals surface area contributed by atoms with Crippen molar-refractivity contribution in [3.8, 4) is 0 Å². The van der Waals surface area contributed by atoms with E-state index >= 15 is 0 Å². The van der Waals surface area contributed by atoms with E-state index in [1.54, 1.807) is 0 Å². The van der Waals surface area contributed by atoms with Crippen LogP contribution in [0.4, 0.5) is 0 Å². The smallest absolute Gasteiger partial charge is 0.0565 e. The van der Waals surface area contributed by atoms with Crippen LogP contribution in [-0.4, -0.2) is 4.57 Å². The summed E-state index contributed by atoms with van der Waals surface area (Å²) in [7, 11) is 0. The van der Waals surface area contributed by atoms with Gasteiger partial charge in [-0.1, -0.05) is 0 Å². The molecule has 0 amide bonds. The molecule has 70 valence electrons. The third kappa shape index (κ3) is 1.05. The highest BCUT2D eigenvalue weighted by molar-refractivity contribution is 5.28. The summed E-state index contributed by atoms with van der Waals surface area (Å²) >= 11 is 0. The minimum atomic E-state index is 0.0512. The molecule has 0 bridgehead atoms. The van der Waals surface area contributed by atoms with Gasteiger partial charge in [-0.15, -0.1) is 0 Å². The van der Waals surface area contributed by atoms with Crippen molar-refractivity contribution in [2.45, 2.75) is 44.2 Å². The van der Waals surface area contributed by atoms with Gasteiger partial charge in [0.15, 0.2) is 0 Å². The highest BCUT2D eigenvalue weighted by atomic mass is 15.1. The predicted molar refractivity (Wildman–Crippen MR) is 52.5 cm³/mol. The fourth-order valence-electron chi connectivity index (χ4n) is 2.39. The fourth-order valence-corrected chi connectivity index (χ4v) is 2.39. The van der Waals surface area contributed by atoms with Gasteiger partial charge in [-0.05, 0) is 44.2 Å². The molecular formula is C11H16N2. The Hall–Kier alpha value is -0.760. The lowest BCUT2D eigenvalue weighted by Gasteiger charge is -2.20. The molecule has 0 radical (unpaired) electrons. The Morgan fingerprint density at radius 1 is 1.23 bits per heavy atom. The normalized spacial score (nSPS) is 24.1. The number of fused-ring (bicyclic) bond motifs is 1. The zero-order valence-corrected chi connectivity index (χ0v) is 7.92. The Bertz CT molecular complexity index is 334. The molecule has 1 saturated carbocycles. The molecule has 3 rings (SSSR count). The van der Waals surface area contributed by atoms with Gasteiger partial charge in [0.25, 0.3) is 0 Å². The van der Waals surface area contributed by atoms with Crippen LogP contribution in [0.1, 0.15) is 37.1 Å². The van der Waals surface area contributed by atoms with Gasteiger partial charge >= 0.3 is 0 Å². The molecule has 2 heterocycles. The largest absolute Gasteiger partial charge is 0.347 e. The summed E-state index contributed by atoms with van der Waals surface area (Å²) < 4.78 is 2.45. The number of nitrogens with zero attached hydrogens (tertiary/aromatic N) is 1. The Labute approximate surface area is 78.7 Å². The van der Waals surface area contributed by atoms with Crippen LogP contribution in [0.5, 0.6) is 0 Å². The van der Waals surface area contributed by atoms with E-state index in [1.807, 2.05) is 0 Å². The van der Waals surface area contributed by atoms with Crippen molar-refractivity contribution in [3.05, 3.63) is 23.5 Å². The number of hydrogen-bond donors (Lipinski definition) is 1. The van der Waals surface area contributed by atoms with Gasteiger partial charge in [0.2, 0.25) is 0 Å². The zero-order chi connectivity index (χ0) is 8.89. The molecule has 13 heavy (non-hydrogen) atoms. The van der Waals surface area contributed by atoms with Crippen LogP contribution in [0.2, 0.25) is 0 Å². The van der Waals surface area contributed by atoms with Gasteiger partial charge in [0, 0.05) is 17.9 Å². The standard InChI is InChI=1S/C11H16N2/c12-11(6-7-11)10-5-4-9-3-1-2-8-13(9)10/h4-5H,1-3,6-8,12H2. The first-order valence-electron chi connectivity index (χ1n) is 5.27. The quantitative estimate of drug-likeness (QED) is 0.694. The Morgan fingerprint density at radius 2 is 2.08 bits per heavy atom. The average molecular weight is 176 g/mol. The summed E-state index contributed by atoms with van der Waals surface area (Å²) in [5.74, 6) is 0. The molecule has 0 spiro atoms.